The molecule has 1 aliphatic rings. The van der Waals surface area contributed by atoms with Gasteiger partial charge in [-0.1, -0.05) is 91.0 Å². The molecule has 0 aliphatic carbocycles. The smallest absolute Gasteiger partial charge is 0.410 e. The fourth-order valence-corrected chi connectivity index (χ4v) is 7.01. The van der Waals surface area contributed by atoms with Crippen LogP contribution in [0.5, 0.6) is 0 Å². The molecule has 1 saturated heterocycles. The summed E-state index contributed by atoms with van der Waals surface area (Å²) >= 11 is 1.75. The summed E-state index contributed by atoms with van der Waals surface area (Å²) in [5.41, 5.74) is 3.93. The lowest BCUT2D eigenvalue weighted by molar-refractivity contribution is -0.384. The molecule has 1 fully saturated rings. The normalized spacial score (nSPS) is 16.9. The number of non-ortho nitro benzene ring substituents is 1. The number of aldehydes is 1. The molecule has 5 rings (SSSR count). The van der Waals surface area contributed by atoms with Gasteiger partial charge in [-0.3, -0.25) is 15.0 Å². The number of hydrogen-bond donors (Lipinski definition) is 0. The number of nitrogens with zero attached hydrogens (tertiary/aromatic N) is 2. The highest BCUT2D eigenvalue weighted by Gasteiger charge is 2.44. The van der Waals surface area contributed by atoms with E-state index in [-0.39, 0.29) is 17.5 Å². The molecule has 4 aromatic rings. The van der Waals surface area contributed by atoms with Gasteiger partial charge in [0.1, 0.15) is 12.9 Å². The first kappa shape index (κ1) is 27.1. The Morgan fingerprint density at radius 1 is 0.875 bits per heavy atom. The Hall–Kier alpha value is -4.43. The van der Waals surface area contributed by atoms with E-state index in [1.807, 2.05) is 54.6 Å². The zero-order chi connectivity index (χ0) is 28.0. The van der Waals surface area contributed by atoms with E-state index in [0.29, 0.717) is 18.5 Å². The maximum Gasteiger partial charge on any atom is 0.410 e. The van der Waals surface area contributed by atoms with E-state index in [0.717, 1.165) is 23.0 Å². The maximum absolute atomic E-state index is 13.1. The van der Waals surface area contributed by atoms with Gasteiger partial charge in [0.2, 0.25) is 0 Å². The minimum atomic E-state index is -0.609. The molecule has 0 bridgehead atoms. The molecule has 1 amide bonds. The lowest BCUT2D eigenvalue weighted by Crippen LogP contribution is -2.37. The van der Waals surface area contributed by atoms with Crippen LogP contribution in [0, 0.1) is 10.1 Å². The first-order valence-corrected chi connectivity index (χ1v) is 13.9. The summed E-state index contributed by atoms with van der Waals surface area (Å²) in [4.78, 5) is 37.1. The number of carbonyl (C=O) groups is 2. The average molecular weight is 553 g/mol. The molecule has 2 atom stereocenters. The highest BCUT2D eigenvalue weighted by Crippen LogP contribution is 2.52. The summed E-state index contributed by atoms with van der Waals surface area (Å²) in [6, 6.07) is 36.1. The van der Waals surface area contributed by atoms with Crippen LogP contribution in [-0.4, -0.2) is 40.0 Å². The van der Waals surface area contributed by atoms with Crippen molar-refractivity contribution in [3.05, 3.63) is 148 Å². The number of carbonyl (C=O) groups excluding carboxylic acids is 2. The summed E-state index contributed by atoms with van der Waals surface area (Å²) < 4.78 is 4.96. The Kier molecular flexibility index (Phi) is 8.26. The molecule has 0 saturated carbocycles. The minimum absolute atomic E-state index is 0.0331. The Morgan fingerprint density at radius 3 is 1.82 bits per heavy atom. The summed E-state index contributed by atoms with van der Waals surface area (Å²) in [7, 11) is 0. The van der Waals surface area contributed by atoms with Gasteiger partial charge in [-0.05, 0) is 40.8 Å². The molecule has 1 heterocycles. The highest BCUT2D eigenvalue weighted by molar-refractivity contribution is 8.01. The molecule has 4 aromatic carbocycles. The first-order valence-electron chi connectivity index (χ1n) is 13.0. The van der Waals surface area contributed by atoms with Crippen molar-refractivity contribution in [3.8, 4) is 0 Å². The summed E-state index contributed by atoms with van der Waals surface area (Å²) in [5.74, 6) is 0. The number of ether oxygens (including phenoxy) is 1. The van der Waals surface area contributed by atoms with Gasteiger partial charge >= 0.3 is 6.09 Å². The zero-order valence-corrected chi connectivity index (χ0v) is 22.5. The standard InChI is InChI=1S/C32H28N2O5S/c35-22-29-20-30(21-33(29)31(36)39-23-24-16-18-28(19-17-24)34(37)38)40-32(25-10-4-1-5-11-25,26-12-6-2-7-13-26)27-14-8-3-9-15-27/h1-19,22,29-30H,20-21,23H2/t29-,30-/m0/s1. The third-order valence-corrected chi connectivity index (χ3v) is 8.83. The number of nitro benzene ring substituents is 1. The van der Waals surface area contributed by atoms with Crippen molar-refractivity contribution in [2.75, 3.05) is 6.54 Å². The number of nitro groups is 1. The molecule has 1 aliphatic heterocycles. The van der Waals surface area contributed by atoms with Crippen LogP contribution in [0.3, 0.4) is 0 Å². The number of amides is 1. The van der Waals surface area contributed by atoms with Crippen LogP contribution in [0.4, 0.5) is 10.5 Å². The second-order valence-corrected chi connectivity index (χ2v) is 11.1. The van der Waals surface area contributed by atoms with Gasteiger partial charge in [-0.25, -0.2) is 4.79 Å². The van der Waals surface area contributed by atoms with E-state index in [2.05, 4.69) is 36.4 Å². The van der Waals surface area contributed by atoms with Gasteiger partial charge < -0.3 is 9.53 Å². The van der Waals surface area contributed by atoms with Crippen LogP contribution in [0.15, 0.2) is 115 Å². The molecule has 0 radical (unpaired) electrons. The number of thioether (sulfide) groups is 1. The molecule has 0 spiro atoms. The van der Waals surface area contributed by atoms with Gasteiger partial charge in [0.25, 0.3) is 5.69 Å². The Labute approximate surface area is 236 Å². The number of rotatable bonds is 9. The number of hydrogen-bond acceptors (Lipinski definition) is 6. The van der Waals surface area contributed by atoms with E-state index in [4.69, 9.17) is 4.74 Å². The molecular weight excluding hydrogens is 524 g/mol. The van der Waals surface area contributed by atoms with Crippen LogP contribution in [0.25, 0.3) is 0 Å². The predicted octanol–water partition coefficient (Wildman–Crippen LogP) is 6.60. The SMILES string of the molecule is O=C[C@@H]1C[C@H](SC(c2ccccc2)(c2ccccc2)c2ccccc2)CN1C(=O)OCc1ccc([N+](=O)[O-])cc1. The third kappa shape index (κ3) is 5.62. The quantitative estimate of drug-likeness (QED) is 0.101. The van der Waals surface area contributed by atoms with Gasteiger partial charge in [0.05, 0.1) is 15.7 Å². The van der Waals surface area contributed by atoms with Crippen molar-refractivity contribution >= 4 is 29.8 Å². The van der Waals surface area contributed by atoms with E-state index < -0.39 is 21.8 Å². The second-order valence-electron chi connectivity index (χ2n) is 9.59. The number of likely N-dealkylation sites (tertiary alicyclic amines) is 1. The fourth-order valence-electron chi connectivity index (χ4n) is 5.16. The second kappa shape index (κ2) is 12.2. The van der Waals surface area contributed by atoms with Gasteiger partial charge in [-0.2, -0.15) is 0 Å². The van der Waals surface area contributed by atoms with Crippen LogP contribution in [0.1, 0.15) is 28.7 Å². The highest BCUT2D eigenvalue weighted by atomic mass is 32.2. The van der Waals surface area contributed by atoms with E-state index in [9.17, 15) is 19.7 Å². The summed E-state index contributed by atoms with van der Waals surface area (Å²) in [6.45, 7) is 0.306. The van der Waals surface area contributed by atoms with Crippen molar-refractivity contribution < 1.29 is 19.2 Å². The van der Waals surface area contributed by atoms with Gasteiger partial charge in [0.15, 0.2) is 0 Å². The van der Waals surface area contributed by atoms with Crippen molar-refractivity contribution in [3.63, 3.8) is 0 Å². The van der Waals surface area contributed by atoms with Crippen LogP contribution >= 0.6 is 11.8 Å². The van der Waals surface area contributed by atoms with E-state index in [1.165, 1.54) is 17.0 Å². The lowest BCUT2D eigenvalue weighted by Gasteiger charge is -2.37. The Bertz CT molecular complexity index is 1350. The summed E-state index contributed by atoms with van der Waals surface area (Å²) in [6.07, 6.45) is 0.723. The van der Waals surface area contributed by atoms with Crippen molar-refractivity contribution in [1.29, 1.82) is 0 Å². The van der Waals surface area contributed by atoms with Crippen molar-refractivity contribution in [2.24, 2.45) is 0 Å². The molecule has 0 aromatic heterocycles. The summed E-state index contributed by atoms with van der Waals surface area (Å²) in [5, 5.41) is 10.8. The molecule has 202 valence electrons. The minimum Gasteiger partial charge on any atom is -0.445 e. The molecule has 7 nitrogen and oxygen atoms in total. The van der Waals surface area contributed by atoms with Crippen molar-refractivity contribution in [2.45, 2.75) is 29.1 Å². The van der Waals surface area contributed by atoms with Gasteiger partial charge in [0, 0.05) is 23.9 Å². The van der Waals surface area contributed by atoms with E-state index >= 15 is 0 Å². The topological polar surface area (TPSA) is 89.8 Å². The molecule has 8 heteroatoms. The predicted molar refractivity (Wildman–Crippen MR) is 155 cm³/mol. The van der Waals surface area contributed by atoms with E-state index in [1.54, 1.807) is 23.9 Å². The first-order chi connectivity index (χ1) is 19.5. The maximum atomic E-state index is 13.1. The average Bonchev–Trinajstić information content (AvgIpc) is 3.43. The third-order valence-electron chi connectivity index (χ3n) is 7.09. The van der Waals surface area contributed by atoms with Crippen molar-refractivity contribution in [1.82, 2.24) is 4.90 Å². The monoisotopic (exact) mass is 552 g/mol. The Morgan fingerprint density at radius 2 is 1.38 bits per heavy atom. The molecule has 0 N–H and O–H groups in total. The van der Waals surface area contributed by atoms with Crippen LogP contribution in [0.2, 0.25) is 0 Å². The molecule has 0 unspecified atom stereocenters. The Balaban J connectivity index is 1.41. The fraction of sp³-hybridized carbons (Fsp3) is 0.188. The number of benzene rings is 4. The lowest BCUT2D eigenvalue weighted by atomic mass is 9.84. The molecular formula is C32H28N2O5S. The molecule has 40 heavy (non-hydrogen) atoms. The zero-order valence-electron chi connectivity index (χ0n) is 21.7. The van der Waals surface area contributed by atoms with Gasteiger partial charge in [-0.15, -0.1) is 11.8 Å². The largest absolute Gasteiger partial charge is 0.445 e. The van der Waals surface area contributed by atoms with Crippen LogP contribution in [-0.2, 0) is 20.9 Å². The van der Waals surface area contributed by atoms with Crippen LogP contribution < -0.4 is 0 Å².